The van der Waals surface area contributed by atoms with Crippen molar-refractivity contribution in [3.05, 3.63) is 0 Å². The van der Waals surface area contributed by atoms with Crippen molar-refractivity contribution in [2.24, 2.45) is 49.0 Å². The summed E-state index contributed by atoms with van der Waals surface area (Å²) >= 11 is 0. The molecule has 2 saturated carbocycles. The summed E-state index contributed by atoms with van der Waals surface area (Å²) in [5.41, 5.74) is 12.5. The molecule has 2 aliphatic carbocycles. The molecule has 4 atom stereocenters. The number of carbonyl (C=O) groups is 2. The summed E-state index contributed by atoms with van der Waals surface area (Å²) in [4.78, 5) is 47.8. The molecule has 0 amide bonds. The molecule has 0 aromatic carbocycles. The summed E-state index contributed by atoms with van der Waals surface area (Å²) in [5.74, 6) is -1.28. The van der Waals surface area contributed by atoms with Gasteiger partial charge in [0.1, 0.15) is 0 Å². The molecule has 0 aliphatic heterocycles. The van der Waals surface area contributed by atoms with Crippen molar-refractivity contribution in [1.82, 2.24) is 0 Å². The van der Waals surface area contributed by atoms with Crippen molar-refractivity contribution >= 4 is 24.1 Å². The average Bonchev–Trinajstić information content (AvgIpc) is 2.89. The summed E-state index contributed by atoms with van der Waals surface area (Å²) in [6.45, 7) is 17.0. The lowest BCUT2D eigenvalue weighted by atomic mass is 9.63. The number of carbonyl (C=O) groups excluding carboxylic acids is 2. The van der Waals surface area contributed by atoms with Gasteiger partial charge in [0.2, 0.25) is 12.2 Å². The molecule has 0 aromatic heterocycles. The molecule has 0 heterocycles. The van der Waals surface area contributed by atoms with E-state index in [1.807, 2.05) is 6.92 Å². The average molecular weight is 657 g/mol. The standard InChI is InChI=1S/C12H18N2O2.C10H22N2.C6H10O4.C6H14O2/c1-11(2)4-10(14-9-16)5-12(3,6-11)7-13-8-15;1-9(2)4-8(12)5-10(3,6-9)7-11;7-5(8)3-1-2-4-6(9)10;1-6(2-4-7)3-5-8/h10H,4-7H2,1-3H3;8H,4-7,11-12H2,1-3H3;1-4H2,(H,7,8)(H,9,10);6-8H,2-5H2,1H3. The third kappa shape index (κ3) is 23.8. The van der Waals surface area contributed by atoms with Gasteiger partial charge in [-0.1, -0.05) is 48.5 Å². The lowest BCUT2D eigenvalue weighted by Crippen LogP contribution is -2.45. The number of aliphatic hydroxyl groups excluding tert-OH is 2. The third-order valence-electron chi connectivity index (χ3n) is 8.43. The molecular weight excluding hydrogens is 592 g/mol. The Kier molecular flexibility index (Phi) is 22.8. The number of nitrogens with two attached hydrogens (primary N) is 2. The fraction of sp³-hybridized carbons (Fsp3) is 0.882. The van der Waals surface area contributed by atoms with Crippen LogP contribution >= 0.6 is 0 Å². The van der Waals surface area contributed by atoms with Crippen LogP contribution in [0.1, 0.15) is 126 Å². The van der Waals surface area contributed by atoms with E-state index in [-0.39, 0.29) is 48.3 Å². The number of nitrogens with zero attached hydrogens (tertiary/aromatic N) is 2. The van der Waals surface area contributed by atoms with Crippen molar-refractivity contribution in [1.29, 1.82) is 0 Å². The SMILES string of the molecule is CC(CCO)CCO.CC1(C)CC(N)CC(C)(CN)C1.CC1(C)CC(N=C=O)CC(C)(CN=C=O)C1.O=C(O)CCCCC(=O)O. The molecule has 268 valence electrons. The van der Waals surface area contributed by atoms with Crippen LogP contribution in [0.4, 0.5) is 0 Å². The lowest BCUT2D eigenvalue weighted by Gasteiger charge is -2.45. The van der Waals surface area contributed by atoms with Crippen LogP contribution in [-0.2, 0) is 19.2 Å². The highest BCUT2D eigenvalue weighted by molar-refractivity contribution is 5.67. The molecule has 2 rings (SSSR count). The minimum atomic E-state index is -0.870. The second-order valence-electron chi connectivity index (χ2n) is 15.5. The largest absolute Gasteiger partial charge is 0.481 e. The van der Waals surface area contributed by atoms with Crippen molar-refractivity contribution < 1.29 is 39.6 Å². The van der Waals surface area contributed by atoms with E-state index in [9.17, 15) is 19.2 Å². The molecule has 12 heteroatoms. The molecular formula is C34H64N4O8. The smallest absolute Gasteiger partial charge is 0.303 e. The van der Waals surface area contributed by atoms with Gasteiger partial charge < -0.3 is 31.9 Å². The zero-order chi connectivity index (χ0) is 36.0. The fourth-order valence-corrected chi connectivity index (χ4v) is 7.10. The quantitative estimate of drug-likeness (QED) is 0.0898. The highest BCUT2D eigenvalue weighted by Gasteiger charge is 2.41. The highest BCUT2D eigenvalue weighted by atomic mass is 16.4. The normalized spacial score (nSPS) is 25.8. The second-order valence-corrected chi connectivity index (χ2v) is 15.5. The van der Waals surface area contributed by atoms with Crippen molar-refractivity contribution in [2.45, 2.75) is 138 Å². The highest BCUT2D eigenvalue weighted by Crippen LogP contribution is 2.47. The first kappa shape index (κ1) is 45.7. The summed E-state index contributed by atoms with van der Waals surface area (Å²) in [6, 6.07) is 0.357. The van der Waals surface area contributed by atoms with Crippen LogP contribution in [0, 0.1) is 27.6 Å². The molecule has 0 saturated heterocycles. The monoisotopic (exact) mass is 656 g/mol. The minimum absolute atomic E-state index is 0.00750. The van der Waals surface area contributed by atoms with Crippen molar-refractivity contribution in [3.8, 4) is 0 Å². The van der Waals surface area contributed by atoms with E-state index < -0.39 is 11.9 Å². The van der Waals surface area contributed by atoms with Crippen LogP contribution in [0.15, 0.2) is 9.98 Å². The number of hydrogen-bond acceptors (Lipinski definition) is 10. The van der Waals surface area contributed by atoms with Crippen LogP contribution in [0.5, 0.6) is 0 Å². The van der Waals surface area contributed by atoms with E-state index in [1.54, 1.807) is 12.2 Å². The van der Waals surface area contributed by atoms with Gasteiger partial charge in [0.05, 0.1) is 12.6 Å². The van der Waals surface area contributed by atoms with Gasteiger partial charge in [-0.05, 0) is 98.3 Å². The van der Waals surface area contributed by atoms with Crippen molar-refractivity contribution in [2.75, 3.05) is 26.3 Å². The van der Waals surface area contributed by atoms with Crippen LogP contribution < -0.4 is 11.5 Å². The first-order valence-electron chi connectivity index (χ1n) is 16.4. The number of carboxylic acids is 2. The molecule has 0 spiro atoms. The van der Waals surface area contributed by atoms with Crippen LogP contribution in [-0.4, -0.2) is 82.9 Å². The van der Waals surface area contributed by atoms with Gasteiger partial charge in [0.15, 0.2) is 0 Å². The maximum atomic E-state index is 10.3. The predicted octanol–water partition coefficient (Wildman–Crippen LogP) is 4.84. The predicted molar refractivity (Wildman–Crippen MR) is 180 cm³/mol. The maximum absolute atomic E-state index is 10.3. The molecule has 12 nitrogen and oxygen atoms in total. The maximum Gasteiger partial charge on any atom is 0.303 e. The van der Waals surface area contributed by atoms with E-state index in [0.29, 0.717) is 36.8 Å². The van der Waals surface area contributed by atoms with Gasteiger partial charge in [-0.25, -0.2) is 19.6 Å². The number of unbranched alkanes of at least 4 members (excludes halogenated alkanes) is 1. The Hall–Kier alpha value is -2.46. The van der Waals surface area contributed by atoms with Gasteiger partial charge in [0.25, 0.3) is 0 Å². The van der Waals surface area contributed by atoms with E-state index >= 15 is 0 Å². The second kappa shape index (κ2) is 23.0. The van der Waals surface area contributed by atoms with Crippen molar-refractivity contribution in [3.63, 3.8) is 0 Å². The summed E-state index contributed by atoms with van der Waals surface area (Å²) in [7, 11) is 0. The Morgan fingerprint density at radius 3 is 1.67 bits per heavy atom. The van der Waals surface area contributed by atoms with Crippen LogP contribution in [0.3, 0.4) is 0 Å². The number of aliphatic imine (C=N–C) groups is 2. The first-order chi connectivity index (χ1) is 21.2. The van der Waals surface area contributed by atoms with E-state index in [2.05, 4.69) is 51.5 Å². The zero-order valence-electron chi connectivity index (χ0n) is 29.5. The number of rotatable bonds is 13. The Morgan fingerprint density at radius 1 is 0.804 bits per heavy atom. The first-order valence-corrected chi connectivity index (χ1v) is 16.4. The van der Waals surface area contributed by atoms with Crippen LogP contribution in [0.25, 0.3) is 0 Å². The summed E-state index contributed by atoms with van der Waals surface area (Å²) in [5, 5.41) is 33.0. The molecule has 0 radical (unpaired) electrons. The van der Waals surface area contributed by atoms with Gasteiger partial charge in [-0.2, -0.15) is 0 Å². The van der Waals surface area contributed by atoms with Gasteiger partial charge in [-0.15, -0.1) is 0 Å². The van der Waals surface area contributed by atoms with E-state index in [1.165, 1.54) is 6.42 Å². The molecule has 2 fully saturated rings. The van der Waals surface area contributed by atoms with Gasteiger partial charge >= 0.3 is 11.9 Å². The molecule has 46 heavy (non-hydrogen) atoms. The van der Waals surface area contributed by atoms with Gasteiger partial charge in [0, 0.05) is 32.1 Å². The molecule has 8 N–H and O–H groups in total. The topological polar surface area (TPSA) is 226 Å². The Balaban J connectivity index is 0. The van der Waals surface area contributed by atoms with E-state index in [4.69, 9.17) is 31.9 Å². The number of hydrogen-bond donors (Lipinski definition) is 6. The van der Waals surface area contributed by atoms with Gasteiger partial charge in [-0.3, -0.25) is 9.59 Å². The Bertz CT molecular complexity index is 956. The molecule has 4 unspecified atom stereocenters. The number of carboxylic acid groups (broad SMARTS) is 2. The van der Waals surface area contributed by atoms with Crippen LogP contribution in [0.2, 0.25) is 0 Å². The van der Waals surface area contributed by atoms with E-state index in [0.717, 1.165) is 51.5 Å². The molecule has 0 aromatic rings. The number of aliphatic carboxylic acids is 2. The Morgan fingerprint density at radius 2 is 1.28 bits per heavy atom. The minimum Gasteiger partial charge on any atom is -0.481 e. The molecule has 0 bridgehead atoms. The number of isocyanates is 2. The fourth-order valence-electron chi connectivity index (χ4n) is 7.10. The molecule has 2 aliphatic rings. The third-order valence-corrected chi connectivity index (χ3v) is 8.43. The Labute approximate surface area is 276 Å². The summed E-state index contributed by atoms with van der Waals surface area (Å²) < 4.78 is 0. The summed E-state index contributed by atoms with van der Waals surface area (Å²) in [6.07, 6.45) is 12.0. The zero-order valence-corrected chi connectivity index (χ0v) is 29.5. The number of aliphatic hydroxyl groups is 2. The lowest BCUT2D eigenvalue weighted by molar-refractivity contribution is -0.139.